The van der Waals surface area contributed by atoms with Crippen LogP contribution in [0, 0.1) is 5.82 Å². The summed E-state index contributed by atoms with van der Waals surface area (Å²) in [4.78, 5) is 4.42. The number of hydrogen-bond acceptors (Lipinski definition) is 4. The van der Waals surface area contributed by atoms with Crippen LogP contribution in [0.3, 0.4) is 0 Å². The minimum atomic E-state index is -0.180. The molecule has 0 atom stereocenters. The first-order valence-corrected chi connectivity index (χ1v) is 8.86. The first-order valence-electron chi connectivity index (χ1n) is 8.86. The molecule has 0 spiro atoms. The Labute approximate surface area is 156 Å². The molecule has 0 bridgehead atoms. The molecule has 0 amide bonds. The van der Waals surface area contributed by atoms with Gasteiger partial charge in [-0.05, 0) is 35.7 Å². The van der Waals surface area contributed by atoms with Gasteiger partial charge in [-0.25, -0.2) is 13.9 Å². The summed E-state index contributed by atoms with van der Waals surface area (Å²) in [5, 5.41) is 7.89. The summed E-state index contributed by atoms with van der Waals surface area (Å²) < 4.78 is 15.5. The third-order valence-corrected chi connectivity index (χ3v) is 4.51. The first kappa shape index (κ1) is 17.2. The van der Waals surface area contributed by atoms with E-state index in [1.165, 1.54) is 6.07 Å². The number of anilines is 1. The Morgan fingerprint density at radius 3 is 2.59 bits per heavy atom. The first-order chi connectivity index (χ1) is 13.2. The molecule has 5 nitrogen and oxygen atoms in total. The molecular formula is C21H20FN5. The number of fused-ring (bicyclic) bond motifs is 1. The monoisotopic (exact) mass is 361 g/mol. The van der Waals surface area contributed by atoms with Crippen molar-refractivity contribution in [3.8, 4) is 11.3 Å². The van der Waals surface area contributed by atoms with Crippen LogP contribution in [-0.4, -0.2) is 21.1 Å². The highest BCUT2D eigenvalue weighted by atomic mass is 19.1. The summed E-state index contributed by atoms with van der Waals surface area (Å²) >= 11 is 0. The SMILES string of the molecule is NCc1ccc(-c2cnc3ccc(NCCc4ccccc4F)nn23)cc1. The lowest BCUT2D eigenvalue weighted by Crippen LogP contribution is -2.09. The van der Waals surface area contributed by atoms with Gasteiger partial charge in [-0.15, -0.1) is 5.10 Å². The van der Waals surface area contributed by atoms with Crippen molar-refractivity contribution in [2.75, 3.05) is 11.9 Å². The predicted molar refractivity (Wildman–Crippen MR) is 105 cm³/mol. The number of hydrogen-bond donors (Lipinski definition) is 2. The Hall–Kier alpha value is -3.25. The minimum absolute atomic E-state index is 0.180. The van der Waals surface area contributed by atoms with Gasteiger partial charge in [-0.1, -0.05) is 42.5 Å². The second kappa shape index (κ2) is 7.55. The fourth-order valence-electron chi connectivity index (χ4n) is 3.00. The van der Waals surface area contributed by atoms with Crippen LogP contribution in [0.15, 0.2) is 66.9 Å². The van der Waals surface area contributed by atoms with Crippen molar-refractivity contribution in [2.45, 2.75) is 13.0 Å². The second-order valence-electron chi connectivity index (χ2n) is 6.30. The lowest BCUT2D eigenvalue weighted by molar-refractivity contribution is 0.610. The molecule has 3 N–H and O–H groups in total. The molecule has 4 aromatic rings. The minimum Gasteiger partial charge on any atom is -0.368 e. The zero-order chi connectivity index (χ0) is 18.6. The van der Waals surface area contributed by atoms with Crippen LogP contribution in [0.25, 0.3) is 16.9 Å². The van der Waals surface area contributed by atoms with Crippen LogP contribution in [0.5, 0.6) is 0 Å². The van der Waals surface area contributed by atoms with Gasteiger partial charge in [0, 0.05) is 18.7 Å². The van der Waals surface area contributed by atoms with E-state index in [0.717, 1.165) is 28.3 Å². The molecular weight excluding hydrogens is 341 g/mol. The number of nitrogens with one attached hydrogen (secondary N) is 1. The van der Waals surface area contributed by atoms with Crippen molar-refractivity contribution in [1.29, 1.82) is 0 Å². The van der Waals surface area contributed by atoms with Crippen molar-refractivity contribution in [2.24, 2.45) is 5.73 Å². The van der Waals surface area contributed by atoms with E-state index < -0.39 is 0 Å². The fraction of sp³-hybridized carbons (Fsp3) is 0.143. The summed E-state index contributed by atoms with van der Waals surface area (Å²) in [6.45, 7) is 1.11. The normalized spacial score (nSPS) is 11.0. The van der Waals surface area contributed by atoms with Gasteiger partial charge in [0.25, 0.3) is 0 Å². The maximum atomic E-state index is 13.7. The van der Waals surface area contributed by atoms with E-state index in [1.54, 1.807) is 12.1 Å². The van der Waals surface area contributed by atoms with E-state index in [4.69, 9.17) is 5.73 Å². The lowest BCUT2D eigenvalue weighted by Gasteiger charge is -2.08. The molecule has 0 radical (unpaired) electrons. The Kier molecular flexibility index (Phi) is 4.80. The van der Waals surface area contributed by atoms with Crippen molar-refractivity contribution in [3.63, 3.8) is 0 Å². The number of nitrogens with zero attached hydrogens (tertiary/aromatic N) is 3. The van der Waals surface area contributed by atoms with Gasteiger partial charge in [0.05, 0.1) is 11.9 Å². The van der Waals surface area contributed by atoms with Gasteiger partial charge in [0.1, 0.15) is 11.6 Å². The Morgan fingerprint density at radius 1 is 1.00 bits per heavy atom. The average molecular weight is 361 g/mol. The van der Waals surface area contributed by atoms with E-state index in [9.17, 15) is 4.39 Å². The summed E-state index contributed by atoms with van der Waals surface area (Å²) in [6.07, 6.45) is 2.40. The fourth-order valence-corrected chi connectivity index (χ4v) is 3.00. The molecule has 0 aliphatic carbocycles. The molecule has 0 aliphatic heterocycles. The lowest BCUT2D eigenvalue weighted by atomic mass is 10.1. The Morgan fingerprint density at radius 2 is 1.81 bits per heavy atom. The molecule has 0 aliphatic rings. The van der Waals surface area contributed by atoms with Gasteiger partial charge in [0.15, 0.2) is 5.65 Å². The number of aromatic nitrogens is 3. The number of rotatable bonds is 6. The summed E-state index contributed by atoms with van der Waals surface area (Å²) in [5.74, 6) is 0.539. The quantitative estimate of drug-likeness (QED) is 0.550. The van der Waals surface area contributed by atoms with E-state index in [2.05, 4.69) is 15.4 Å². The Balaban J connectivity index is 1.53. The maximum Gasteiger partial charge on any atom is 0.154 e. The second-order valence-corrected chi connectivity index (χ2v) is 6.30. The predicted octanol–water partition coefficient (Wildman–Crippen LogP) is 3.65. The van der Waals surface area contributed by atoms with Crippen molar-refractivity contribution in [1.82, 2.24) is 14.6 Å². The number of halogens is 1. The van der Waals surface area contributed by atoms with Gasteiger partial charge in [-0.3, -0.25) is 0 Å². The number of benzene rings is 2. The highest BCUT2D eigenvalue weighted by molar-refractivity contribution is 5.64. The highest BCUT2D eigenvalue weighted by Gasteiger charge is 2.08. The number of nitrogens with two attached hydrogens (primary N) is 1. The van der Waals surface area contributed by atoms with Gasteiger partial charge >= 0.3 is 0 Å². The highest BCUT2D eigenvalue weighted by Crippen LogP contribution is 2.21. The van der Waals surface area contributed by atoms with Gasteiger partial charge in [0.2, 0.25) is 0 Å². The zero-order valence-corrected chi connectivity index (χ0v) is 14.8. The van der Waals surface area contributed by atoms with Crippen molar-refractivity contribution >= 4 is 11.5 Å². The molecule has 4 rings (SSSR count). The van der Waals surface area contributed by atoms with Crippen LogP contribution >= 0.6 is 0 Å². The molecule has 27 heavy (non-hydrogen) atoms. The van der Waals surface area contributed by atoms with Gasteiger partial charge < -0.3 is 11.1 Å². The van der Waals surface area contributed by atoms with E-state index in [1.807, 2.05) is 53.2 Å². The molecule has 2 aromatic carbocycles. The third-order valence-electron chi connectivity index (χ3n) is 4.51. The van der Waals surface area contributed by atoms with Crippen LogP contribution in [0.4, 0.5) is 10.2 Å². The van der Waals surface area contributed by atoms with E-state index in [-0.39, 0.29) is 5.82 Å². The smallest absolute Gasteiger partial charge is 0.154 e. The summed E-state index contributed by atoms with van der Waals surface area (Å²) in [6, 6.07) is 18.7. The zero-order valence-electron chi connectivity index (χ0n) is 14.8. The Bertz CT molecular complexity index is 1060. The number of imidazole rings is 1. The van der Waals surface area contributed by atoms with E-state index >= 15 is 0 Å². The molecule has 2 aromatic heterocycles. The summed E-state index contributed by atoms with van der Waals surface area (Å²) in [5.41, 5.74) is 10.1. The molecule has 0 saturated carbocycles. The third kappa shape index (κ3) is 3.66. The largest absolute Gasteiger partial charge is 0.368 e. The van der Waals surface area contributed by atoms with Crippen molar-refractivity contribution < 1.29 is 4.39 Å². The topological polar surface area (TPSA) is 68.2 Å². The summed E-state index contributed by atoms with van der Waals surface area (Å²) in [7, 11) is 0. The molecule has 2 heterocycles. The average Bonchev–Trinajstić information content (AvgIpc) is 3.13. The van der Waals surface area contributed by atoms with Crippen LogP contribution < -0.4 is 11.1 Å². The van der Waals surface area contributed by atoms with Gasteiger partial charge in [-0.2, -0.15) is 0 Å². The van der Waals surface area contributed by atoms with Crippen molar-refractivity contribution in [3.05, 3.63) is 83.8 Å². The van der Waals surface area contributed by atoms with Crippen LogP contribution in [0.1, 0.15) is 11.1 Å². The molecule has 6 heteroatoms. The molecule has 0 saturated heterocycles. The van der Waals surface area contributed by atoms with Crippen LogP contribution in [0.2, 0.25) is 0 Å². The van der Waals surface area contributed by atoms with Crippen LogP contribution in [-0.2, 0) is 13.0 Å². The molecule has 0 unspecified atom stereocenters. The van der Waals surface area contributed by atoms with E-state index in [0.29, 0.717) is 25.1 Å². The molecule has 136 valence electrons. The standard InChI is InChI=1S/C21H20FN5/c22-18-4-2-1-3-16(18)11-12-24-20-9-10-21-25-14-19(27(21)26-20)17-7-5-15(13-23)6-8-17/h1-10,14H,11-13,23H2,(H,24,26). The maximum absolute atomic E-state index is 13.7. The molecule has 0 fully saturated rings.